The monoisotopic (exact) mass is 332 g/mol. The fraction of sp³-hybridized carbons (Fsp3) is 0.312. The van der Waals surface area contributed by atoms with E-state index in [-0.39, 0.29) is 11.7 Å². The minimum Gasteiger partial charge on any atom is -0.338 e. The Morgan fingerprint density at radius 2 is 2.09 bits per heavy atom. The summed E-state index contributed by atoms with van der Waals surface area (Å²) in [5.74, 6) is -0.227. The van der Waals surface area contributed by atoms with E-state index in [1.54, 1.807) is 13.1 Å². The fourth-order valence-corrected chi connectivity index (χ4v) is 2.92. The minimum atomic E-state index is -0.476. The number of thioether (sulfide) groups is 1. The molecule has 1 aromatic carbocycles. The van der Waals surface area contributed by atoms with Crippen molar-refractivity contribution < 1.29 is 9.59 Å². The number of aryl methyl sites for hydroxylation is 2. The SMILES string of the molecule is CCNC(=O)NC(=O)CSc1nccn1-c1ccc(C)cc1C. The second-order valence-electron chi connectivity index (χ2n) is 5.07. The predicted octanol–water partition coefficient (Wildman–Crippen LogP) is 2.43. The molecular weight excluding hydrogens is 312 g/mol. The number of imidazole rings is 1. The lowest BCUT2D eigenvalue weighted by atomic mass is 10.1. The largest absolute Gasteiger partial charge is 0.338 e. The number of carbonyl (C=O) groups is 2. The smallest absolute Gasteiger partial charge is 0.321 e. The normalized spacial score (nSPS) is 10.4. The molecule has 0 aliphatic carbocycles. The summed E-state index contributed by atoms with van der Waals surface area (Å²) in [4.78, 5) is 27.3. The van der Waals surface area contributed by atoms with Crippen LogP contribution in [0.15, 0.2) is 35.7 Å². The Labute approximate surface area is 139 Å². The Balaban J connectivity index is 2.04. The van der Waals surface area contributed by atoms with Gasteiger partial charge in [0.15, 0.2) is 5.16 Å². The number of nitrogens with one attached hydrogen (secondary N) is 2. The summed E-state index contributed by atoms with van der Waals surface area (Å²) < 4.78 is 1.94. The molecule has 0 saturated carbocycles. The maximum atomic E-state index is 11.8. The molecule has 23 heavy (non-hydrogen) atoms. The van der Waals surface area contributed by atoms with Crippen LogP contribution >= 0.6 is 11.8 Å². The third kappa shape index (κ3) is 4.59. The molecule has 6 nitrogen and oxygen atoms in total. The van der Waals surface area contributed by atoms with Crippen LogP contribution in [0.3, 0.4) is 0 Å². The van der Waals surface area contributed by atoms with Crippen molar-refractivity contribution in [3.05, 3.63) is 41.7 Å². The zero-order valence-corrected chi connectivity index (χ0v) is 14.2. The zero-order chi connectivity index (χ0) is 16.8. The molecule has 1 aromatic heterocycles. The molecule has 2 N–H and O–H groups in total. The number of hydrogen-bond acceptors (Lipinski definition) is 4. The first-order chi connectivity index (χ1) is 11.0. The van der Waals surface area contributed by atoms with Gasteiger partial charge in [-0.3, -0.25) is 14.7 Å². The first-order valence-electron chi connectivity index (χ1n) is 7.32. The second kappa shape index (κ2) is 7.82. The van der Waals surface area contributed by atoms with Gasteiger partial charge in [0.05, 0.1) is 11.4 Å². The summed E-state index contributed by atoms with van der Waals surface area (Å²) in [7, 11) is 0. The molecule has 0 spiro atoms. The Bertz CT molecular complexity index is 712. The molecule has 7 heteroatoms. The number of aromatic nitrogens is 2. The molecule has 2 rings (SSSR count). The summed E-state index contributed by atoms with van der Waals surface area (Å²) in [6, 6.07) is 5.70. The second-order valence-corrected chi connectivity index (χ2v) is 6.01. The fourth-order valence-electron chi connectivity index (χ4n) is 2.15. The van der Waals surface area contributed by atoms with E-state index in [1.807, 2.05) is 36.7 Å². The highest BCUT2D eigenvalue weighted by Gasteiger charge is 2.12. The van der Waals surface area contributed by atoms with Crippen LogP contribution in [0, 0.1) is 13.8 Å². The van der Waals surface area contributed by atoms with Crippen LogP contribution in [0.5, 0.6) is 0 Å². The maximum Gasteiger partial charge on any atom is 0.321 e. The van der Waals surface area contributed by atoms with E-state index in [0.717, 1.165) is 11.3 Å². The van der Waals surface area contributed by atoms with Crippen molar-refractivity contribution in [2.75, 3.05) is 12.3 Å². The molecule has 0 bridgehead atoms. The lowest BCUT2D eigenvalue weighted by molar-refractivity contribution is -0.117. The van der Waals surface area contributed by atoms with Gasteiger partial charge < -0.3 is 5.32 Å². The number of imide groups is 1. The molecule has 0 aliphatic heterocycles. The van der Waals surface area contributed by atoms with E-state index < -0.39 is 6.03 Å². The van der Waals surface area contributed by atoms with Gasteiger partial charge in [-0.25, -0.2) is 9.78 Å². The lowest BCUT2D eigenvalue weighted by Gasteiger charge is -2.11. The Morgan fingerprint density at radius 3 is 2.78 bits per heavy atom. The molecule has 0 unspecified atom stereocenters. The van der Waals surface area contributed by atoms with Crippen LogP contribution in [0.25, 0.3) is 5.69 Å². The highest BCUT2D eigenvalue weighted by atomic mass is 32.2. The summed E-state index contributed by atoms with van der Waals surface area (Å²) in [5.41, 5.74) is 3.36. The van der Waals surface area contributed by atoms with Crippen LogP contribution < -0.4 is 10.6 Å². The summed E-state index contributed by atoms with van der Waals surface area (Å²) in [6.07, 6.45) is 3.56. The average molecular weight is 332 g/mol. The predicted molar refractivity (Wildman–Crippen MR) is 91.0 cm³/mol. The van der Waals surface area contributed by atoms with Crippen molar-refractivity contribution in [1.29, 1.82) is 0 Å². The molecule has 0 fully saturated rings. The van der Waals surface area contributed by atoms with Crippen molar-refractivity contribution in [2.24, 2.45) is 0 Å². The van der Waals surface area contributed by atoms with E-state index in [9.17, 15) is 9.59 Å². The van der Waals surface area contributed by atoms with Gasteiger partial charge in [-0.2, -0.15) is 0 Å². The van der Waals surface area contributed by atoms with Crippen molar-refractivity contribution in [3.63, 3.8) is 0 Å². The molecule has 3 amide bonds. The standard InChI is InChI=1S/C16H20N4O2S/c1-4-17-15(22)19-14(21)10-23-16-18-7-8-20(16)13-6-5-11(2)9-12(13)3/h5-9H,4,10H2,1-3H3,(H2,17,19,21,22). The van der Waals surface area contributed by atoms with Crippen molar-refractivity contribution in [3.8, 4) is 5.69 Å². The summed E-state index contributed by atoms with van der Waals surface area (Å²) >= 11 is 1.29. The van der Waals surface area contributed by atoms with Gasteiger partial charge >= 0.3 is 6.03 Å². The van der Waals surface area contributed by atoms with E-state index in [1.165, 1.54) is 17.3 Å². The van der Waals surface area contributed by atoms with Gasteiger partial charge in [-0.05, 0) is 32.4 Å². The first-order valence-corrected chi connectivity index (χ1v) is 8.31. The number of carbonyl (C=O) groups excluding carboxylic acids is 2. The van der Waals surface area contributed by atoms with E-state index in [4.69, 9.17) is 0 Å². The van der Waals surface area contributed by atoms with Gasteiger partial charge in [0.1, 0.15) is 0 Å². The Morgan fingerprint density at radius 1 is 1.30 bits per heavy atom. The van der Waals surface area contributed by atoms with Gasteiger partial charge in [0.25, 0.3) is 0 Å². The number of hydrogen-bond donors (Lipinski definition) is 2. The molecular formula is C16H20N4O2S. The van der Waals surface area contributed by atoms with Crippen LogP contribution in [-0.4, -0.2) is 33.8 Å². The van der Waals surface area contributed by atoms with Crippen LogP contribution in [-0.2, 0) is 4.79 Å². The molecule has 0 aliphatic rings. The molecule has 0 radical (unpaired) electrons. The number of benzene rings is 1. The third-order valence-electron chi connectivity index (χ3n) is 3.14. The highest BCUT2D eigenvalue weighted by molar-refractivity contribution is 7.99. The third-order valence-corrected chi connectivity index (χ3v) is 4.11. The summed E-state index contributed by atoms with van der Waals surface area (Å²) in [5, 5.41) is 5.50. The molecule has 122 valence electrons. The first kappa shape index (κ1) is 17.1. The summed E-state index contributed by atoms with van der Waals surface area (Å²) in [6.45, 7) is 6.35. The topological polar surface area (TPSA) is 76.0 Å². The van der Waals surface area contributed by atoms with E-state index in [2.05, 4.69) is 21.7 Å². The number of nitrogens with zero attached hydrogens (tertiary/aromatic N) is 2. The van der Waals surface area contributed by atoms with E-state index >= 15 is 0 Å². The minimum absolute atomic E-state index is 0.124. The van der Waals surface area contributed by atoms with Gasteiger partial charge in [0.2, 0.25) is 5.91 Å². The number of urea groups is 1. The Kier molecular flexibility index (Phi) is 5.81. The van der Waals surface area contributed by atoms with Gasteiger partial charge in [0, 0.05) is 18.9 Å². The lowest BCUT2D eigenvalue weighted by Crippen LogP contribution is -2.40. The van der Waals surface area contributed by atoms with Gasteiger partial charge in [-0.15, -0.1) is 0 Å². The molecule has 2 aromatic rings. The average Bonchev–Trinajstić information content (AvgIpc) is 2.93. The van der Waals surface area contributed by atoms with Crippen molar-refractivity contribution in [2.45, 2.75) is 25.9 Å². The molecule has 1 heterocycles. The van der Waals surface area contributed by atoms with Crippen molar-refractivity contribution in [1.82, 2.24) is 20.2 Å². The van der Waals surface area contributed by atoms with Crippen LogP contribution in [0.4, 0.5) is 4.79 Å². The quantitative estimate of drug-likeness (QED) is 0.825. The van der Waals surface area contributed by atoms with Crippen LogP contribution in [0.1, 0.15) is 18.1 Å². The highest BCUT2D eigenvalue weighted by Crippen LogP contribution is 2.23. The Hall–Kier alpha value is -2.28. The zero-order valence-electron chi connectivity index (χ0n) is 13.4. The van der Waals surface area contributed by atoms with Crippen molar-refractivity contribution >= 4 is 23.7 Å². The number of amides is 3. The van der Waals surface area contributed by atoms with E-state index in [0.29, 0.717) is 11.7 Å². The number of rotatable bonds is 5. The molecule has 0 atom stereocenters. The molecule has 0 saturated heterocycles. The maximum absolute atomic E-state index is 11.8. The van der Waals surface area contributed by atoms with Gasteiger partial charge in [-0.1, -0.05) is 29.5 Å². The van der Waals surface area contributed by atoms with Crippen LogP contribution in [0.2, 0.25) is 0 Å².